The van der Waals surface area contributed by atoms with E-state index in [1.165, 1.54) is 10.4 Å². The molecule has 158 valence electrons. The number of methoxy groups -OCH3 is 1. The molecule has 0 saturated heterocycles. The van der Waals surface area contributed by atoms with E-state index in [1.54, 1.807) is 52.1 Å². The zero-order valence-electron chi connectivity index (χ0n) is 17.3. The van der Waals surface area contributed by atoms with Crippen LogP contribution in [0.1, 0.15) is 36.7 Å². The van der Waals surface area contributed by atoms with Crippen LogP contribution in [0.5, 0.6) is 5.75 Å². The van der Waals surface area contributed by atoms with Crippen LogP contribution >= 0.6 is 0 Å². The number of carbonyl (C=O) groups excluding carboxylic acids is 1. The second kappa shape index (κ2) is 10.4. The largest absolute Gasteiger partial charge is 0.492 e. The van der Waals surface area contributed by atoms with Gasteiger partial charge in [0.05, 0.1) is 13.2 Å². The lowest BCUT2D eigenvalue weighted by atomic mass is 10.1. The van der Waals surface area contributed by atoms with Crippen molar-refractivity contribution >= 4 is 21.6 Å². The second-order valence-electron chi connectivity index (χ2n) is 6.27. The third kappa shape index (κ3) is 5.56. The van der Waals surface area contributed by atoms with Crippen LogP contribution in [0.15, 0.2) is 47.4 Å². The summed E-state index contributed by atoms with van der Waals surface area (Å²) in [4.78, 5) is 12.6. The van der Waals surface area contributed by atoms with Crippen molar-refractivity contribution in [3.05, 3.63) is 53.6 Å². The van der Waals surface area contributed by atoms with Crippen LogP contribution in [0.2, 0.25) is 0 Å². The van der Waals surface area contributed by atoms with E-state index in [0.29, 0.717) is 37.6 Å². The number of nitrogens with one attached hydrogen (secondary N) is 1. The number of sulfonamides is 1. The minimum absolute atomic E-state index is 0.0382. The standard InChI is InChI=1S/C21H28N2O5S/c1-5-23(6-2)29(25,26)20-14-18(12-13-19(20)28-7-3)22-21(24)17-10-8-16(9-11-17)15-27-4/h8-14H,5-7,15H2,1-4H3,(H,22,24). The molecule has 2 aromatic rings. The fourth-order valence-electron chi connectivity index (χ4n) is 2.89. The van der Waals surface area contributed by atoms with Gasteiger partial charge >= 0.3 is 0 Å². The van der Waals surface area contributed by atoms with E-state index < -0.39 is 10.0 Å². The Hall–Kier alpha value is -2.42. The molecule has 0 aliphatic rings. The Balaban J connectivity index is 2.33. The predicted octanol–water partition coefficient (Wildman–Crippen LogP) is 3.51. The minimum atomic E-state index is -3.75. The van der Waals surface area contributed by atoms with E-state index in [2.05, 4.69) is 5.32 Å². The van der Waals surface area contributed by atoms with Crippen LogP contribution in [-0.2, 0) is 21.4 Å². The van der Waals surface area contributed by atoms with Crippen LogP contribution in [-0.4, -0.2) is 45.4 Å². The van der Waals surface area contributed by atoms with Crippen molar-refractivity contribution < 1.29 is 22.7 Å². The number of nitrogens with zero attached hydrogens (tertiary/aromatic N) is 1. The molecule has 2 rings (SSSR count). The zero-order valence-corrected chi connectivity index (χ0v) is 18.1. The van der Waals surface area contributed by atoms with Gasteiger partial charge in [-0.25, -0.2) is 8.42 Å². The molecule has 0 saturated carbocycles. The summed E-state index contributed by atoms with van der Waals surface area (Å²) in [6, 6.07) is 11.7. The maximum atomic E-state index is 13.0. The minimum Gasteiger partial charge on any atom is -0.492 e. The van der Waals surface area contributed by atoms with Crippen LogP contribution in [0.4, 0.5) is 5.69 Å². The highest BCUT2D eigenvalue weighted by molar-refractivity contribution is 7.89. The summed E-state index contributed by atoms with van der Waals surface area (Å²) in [5.41, 5.74) is 1.80. The van der Waals surface area contributed by atoms with Crippen molar-refractivity contribution in [1.82, 2.24) is 4.31 Å². The van der Waals surface area contributed by atoms with Gasteiger partial charge in [0.25, 0.3) is 5.91 Å². The van der Waals surface area contributed by atoms with Gasteiger partial charge in [-0.1, -0.05) is 26.0 Å². The molecule has 0 unspecified atom stereocenters. The van der Waals surface area contributed by atoms with Crippen LogP contribution in [0, 0.1) is 0 Å². The lowest BCUT2D eigenvalue weighted by Gasteiger charge is -2.21. The number of hydrogen-bond acceptors (Lipinski definition) is 5. The number of benzene rings is 2. The molecule has 0 heterocycles. The Bertz CT molecular complexity index is 923. The fraction of sp³-hybridized carbons (Fsp3) is 0.381. The molecule has 1 N–H and O–H groups in total. The zero-order chi connectivity index (χ0) is 21.4. The number of anilines is 1. The van der Waals surface area contributed by atoms with Gasteiger partial charge in [-0.3, -0.25) is 4.79 Å². The summed E-state index contributed by atoms with van der Waals surface area (Å²) in [7, 11) is -2.14. The smallest absolute Gasteiger partial charge is 0.255 e. The molecule has 0 atom stereocenters. The average Bonchev–Trinajstić information content (AvgIpc) is 2.70. The maximum absolute atomic E-state index is 13.0. The molecule has 29 heavy (non-hydrogen) atoms. The van der Waals surface area contributed by atoms with Crippen molar-refractivity contribution in [3.8, 4) is 5.75 Å². The normalized spacial score (nSPS) is 11.5. The first-order chi connectivity index (χ1) is 13.9. The highest BCUT2D eigenvalue weighted by Crippen LogP contribution is 2.30. The Kier molecular flexibility index (Phi) is 8.19. The Morgan fingerprint density at radius 3 is 2.24 bits per heavy atom. The summed E-state index contributed by atoms with van der Waals surface area (Å²) in [6.07, 6.45) is 0. The van der Waals surface area contributed by atoms with E-state index in [9.17, 15) is 13.2 Å². The summed E-state index contributed by atoms with van der Waals surface area (Å²) < 4.78 is 38.0. The molecule has 0 aliphatic heterocycles. The SMILES string of the molecule is CCOc1ccc(NC(=O)c2ccc(COC)cc2)cc1S(=O)(=O)N(CC)CC. The van der Waals surface area contributed by atoms with Crippen molar-refractivity contribution in [2.24, 2.45) is 0 Å². The van der Waals surface area contributed by atoms with Gasteiger partial charge in [-0.15, -0.1) is 0 Å². The van der Waals surface area contributed by atoms with Gasteiger partial charge in [0.15, 0.2) is 0 Å². The van der Waals surface area contributed by atoms with Crippen LogP contribution < -0.4 is 10.1 Å². The highest BCUT2D eigenvalue weighted by Gasteiger charge is 2.26. The second-order valence-corrected chi connectivity index (χ2v) is 8.17. The third-order valence-electron chi connectivity index (χ3n) is 4.35. The molecular formula is C21H28N2O5S. The van der Waals surface area contributed by atoms with E-state index in [0.717, 1.165) is 5.56 Å². The first kappa shape index (κ1) is 22.9. The number of hydrogen-bond donors (Lipinski definition) is 1. The van der Waals surface area contributed by atoms with E-state index in [4.69, 9.17) is 9.47 Å². The Labute approximate surface area is 172 Å². The first-order valence-electron chi connectivity index (χ1n) is 9.53. The monoisotopic (exact) mass is 420 g/mol. The number of carbonyl (C=O) groups is 1. The first-order valence-corrected chi connectivity index (χ1v) is 11.0. The van der Waals surface area contributed by atoms with Gasteiger partial charge < -0.3 is 14.8 Å². The number of rotatable bonds is 10. The molecule has 1 amide bonds. The number of amides is 1. The molecule has 2 aromatic carbocycles. The lowest BCUT2D eigenvalue weighted by molar-refractivity contribution is 0.102. The van der Waals surface area contributed by atoms with E-state index in [1.807, 2.05) is 12.1 Å². The summed E-state index contributed by atoms with van der Waals surface area (Å²) in [6.45, 7) is 6.83. The fourth-order valence-corrected chi connectivity index (χ4v) is 4.50. The average molecular weight is 421 g/mol. The lowest BCUT2D eigenvalue weighted by Crippen LogP contribution is -2.31. The molecular weight excluding hydrogens is 392 g/mol. The predicted molar refractivity (Wildman–Crippen MR) is 113 cm³/mol. The van der Waals surface area contributed by atoms with Gasteiger partial charge in [0.2, 0.25) is 10.0 Å². The molecule has 7 nitrogen and oxygen atoms in total. The molecule has 0 fully saturated rings. The Morgan fingerprint density at radius 1 is 1.03 bits per heavy atom. The van der Waals surface area contributed by atoms with Crippen molar-refractivity contribution in [2.45, 2.75) is 32.3 Å². The van der Waals surface area contributed by atoms with E-state index in [-0.39, 0.29) is 16.6 Å². The maximum Gasteiger partial charge on any atom is 0.255 e. The quantitative estimate of drug-likeness (QED) is 0.636. The molecule has 8 heteroatoms. The van der Waals surface area contributed by atoms with Crippen molar-refractivity contribution in [2.75, 3.05) is 32.1 Å². The summed E-state index contributed by atoms with van der Waals surface area (Å²) in [5, 5.41) is 2.76. The van der Waals surface area contributed by atoms with Gasteiger partial charge in [-0.05, 0) is 42.8 Å². The molecule has 0 spiro atoms. The third-order valence-corrected chi connectivity index (χ3v) is 6.42. The highest BCUT2D eigenvalue weighted by atomic mass is 32.2. The number of ether oxygens (including phenoxy) is 2. The molecule has 0 aromatic heterocycles. The van der Waals surface area contributed by atoms with Crippen LogP contribution in [0.3, 0.4) is 0 Å². The van der Waals surface area contributed by atoms with Gasteiger partial charge in [0.1, 0.15) is 10.6 Å². The van der Waals surface area contributed by atoms with Crippen molar-refractivity contribution in [3.63, 3.8) is 0 Å². The molecule has 0 aliphatic carbocycles. The van der Waals surface area contributed by atoms with Gasteiger partial charge in [0, 0.05) is 31.5 Å². The Morgan fingerprint density at radius 2 is 1.69 bits per heavy atom. The summed E-state index contributed by atoms with van der Waals surface area (Å²) in [5.74, 6) is -0.0642. The van der Waals surface area contributed by atoms with Gasteiger partial charge in [-0.2, -0.15) is 4.31 Å². The topological polar surface area (TPSA) is 84.9 Å². The van der Waals surface area contributed by atoms with Crippen LogP contribution in [0.25, 0.3) is 0 Å². The molecule has 0 bridgehead atoms. The molecule has 0 radical (unpaired) electrons. The summed E-state index contributed by atoms with van der Waals surface area (Å²) >= 11 is 0. The van der Waals surface area contributed by atoms with E-state index >= 15 is 0 Å². The van der Waals surface area contributed by atoms with Crippen molar-refractivity contribution in [1.29, 1.82) is 0 Å².